The molecule has 0 aliphatic heterocycles. The van der Waals surface area contributed by atoms with Crippen molar-refractivity contribution in [1.82, 2.24) is 10.2 Å². The van der Waals surface area contributed by atoms with E-state index < -0.39 is 0 Å². The molecule has 0 aliphatic rings. The lowest BCUT2D eigenvalue weighted by Crippen LogP contribution is -2.20. The Kier molecular flexibility index (Phi) is 8.43. The van der Waals surface area contributed by atoms with Crippen molar-refractivity contribution in [3.8, 4) is 0 Å². The number of benzene rings is 2. The second-order valence-electron chi connectivity index (χ2n) is 6.81. The summed E-state index contributed by atoms with van der Waals surface area (Å²) in [5.74, 6) is -0.488. The number of amides is 1. The third-order valence-electron chi connectivity index (χ3n) is 4.16. The van der Waals surface area contributed by atoms with Gasteiger partial charge < -0.3 is 15.0 Å². The van der Waals surface area contributed by atoms with Crippen LogP contribution in [0.3, 0.4) is 0 Å². The molecule has 5 heteroatoms. The molecule has 0 bridgehead atoms. The number of hydrogen-bond acceptors (Lipinski definition) is 4. The van der Waals surface area contributed by atoms with E-state index in [4.69, 9.17) is 4.74 Å². The number of hydrogen-bond donors (Lipinski definition) is 1. The Hall–Kier alpha value is -2.92. The number of ether oxygens (including phenoxy) is 1. The zero-order valence-corrected chi connectivity index (χ0v) is 16.8. The molecule has 0 heterocycles. The van der Waals surface area contributed by atoms with Crippen molar-refractivity contribution in [1.29, 1.82) is 0 Å². The van der Waals surface area contributed by atoms with Gasteiger partial charge in [0.25, 0.3) is 5.91 Å². The lowest BCUT2D eigenvalue weighted by Gasteiger charge is -2.09. The van der Waals surface area contributed by atoms with E-state index in [0.29, 0.717) is 24.3 Å². The fourth-order valence-corrected chi connectivity index (χ4v) is 2.54. The topological polar surface area (TPSA) is 58.6 Å². The normalized spacial score (nSPS) is 11.0. The molecule has 0 saturated heterocycles. The molecular weight excluding hydrogens is 352 g/mol. The highest BCUT2D eigenvalue weighted by Gasteiger charge is 2.07. The lowest BCUT2D eigenvalue weighted by atomic mass is 10.1. The summed E-state index contributed by atoms with van der Waals surface area (Å²) in [4.78, 5) is 26.1. The Morgan fingerprint density at radius 2 is 1.64 bits per heavy atom. The van der Waals surface area contributed by atoms with Gasteiger partial charge in [-0.25, -0.2) is 4.79 Å². The molecule has 28 heavy (non-hydrogen) atoms. The zero-order valence-electron chi connectivity index (χ0n) is 16.8. The van der Waals surface area contributed by atoms with Crippen molar-refractivity contribution >= 4 is 18.0 Å². The SMILES string of the molecule is CCCc1ccc(C(=O)N/C=C/c2ccc(C(=O)OCCN(C)C)cc2)cc1. The number of nitrogens with zero attached hydrogens (tertiary/aromatic N) is 1. The number of likely N-dealkylation sites (N-methyl/N-ethyl adjacent to an activating group) is 1. The van der Waals surface area contributed by atoms with E-state index in [1.165, 1.54) is 5.56 Å². The van der Waals surface area contributed by atoms with Crippen molar-refractivity contribution in [2.45, 2.75) is 19.8 Å². The van der Waals surface area contributed by atoms with Crippen LogP contribution < -0.4 is 5.32 Å². The van der Waals surface area contributed by atoms with Crippen LogP contribution in [0.1, 0.15) is 45.2 Å². The third-order valence-corrected chi connectivity index (χ3v) is 4.16. The van der Waals surface area contributed by atoms with Crippen LogP contribution in [0.15, 0.2) is 54.7 Å². The Labute approximate surface area is 167 Å². The molecule has 0 radical (unpaired) electrons. The lowest BCUT2D eigenvalue weighted by molar-refractivity contribution is 0.0481. The van der Waals surface area contributed by atoms with Crippen LogP contribution in [0.25, 0.3) is 6.08 Å². The van der Waals surface area contributed by atoms with Gasteiger partial charge in [-0.2, -0.15) is 0 Å². The minimum absolute atomic E-state index is 0.152. The smallest absolute Gasteiger partial charge is 0.338 e. The van der Waals surface area contributed by atoms with Crippen LogP contribution in [0, 0.1) is 0 Å². The maximum atomic E-state index is 12.2. The summed E-state index contributed by atoms with van der Waals surface area (Å²) in [6, 6.07) is 14.7. The minimum Gasteiger partial charge on any atom is -0.461 e. The van der Waals surface area contributed by atoms with Gasteiger partial charge in [0.2, 0.25) is 0 Å². The molecular formula is C23H28N2O3. The largest absolute Gasteiger partial charge is 0.461 e. The number of nitrogens with one attached hydrogen (secondary N) is 1. The number of aryl methyl sites for hydroxylation is 1. The van der Waals surface area contributed by atoms with Crippen LogP contribution in [-0.2, 0) is 11.2 Å². The van der Waals surface area contributed by atoms with Gasteiger partial charge in [0.1, 0.15) is 6.61 Å². The first-order valence-corrected chi connectivity index (χ1v) is 9.48. The second kappa shape index (κ2) is 11.0. The number of rotatable bonds is 9. The molecule has 1 N–H and O–H groups in total. The fraction of sp³-hybridized carbons (Fsp3) is 0.304. The highest BCUT2D eigenvalue weighted by Crippen LogP contribution is 2.09. The first-order chi connectivity index (χ1) is 13.5. The van der Waals surface area contributed by atoms with Crippen LogP contribution in [0.2, 0.25) is 0 Å². The highest BCUT2D eigenvalue weighted by atomic mass is 16.5. The summed E-state index contributed by atoms with van der Waals surface area (Å²) in [6.45, 7) is 3.18. The van der Waals surface area contributed by atoms with Gasteiger partial charge in [-0.1, -0.05) is 37.6 Å². The maximum Gasteiger partial charge on any atom is 0.338 e. The average Bonchev–Trinajstić information content (AvgIpc) is 2.69. The summed E-state index contributed by atoms with van der Waals surface area (Å²) in [5, 5.41) is 2.76. The molecule has 148 valence electrons. The van der Waals surface area contributed by atoms with Crippen LogP contribution in [-0.4, -0.2) is 44.0 Å². The number of carbonyl (C=O) groups excluding carboxylic acids is 2. The Balaban J connectivity index is 1.85. The zero-order chi connectivity index (χ0) is 20.4. The molecule has 0 atom stereocenters. The summed E-state index contributed by atoms with van der Waals surface area (Å²) in [6.07, 6.45) is 5.49. The highest BCUT2D eigenvalue weighted by molar-refractivity contribution is 5.95. The van der Waals surface area contributed by atoms with Crippen molar-refractivity contribution in [2.24, 2.45) is 0 Å². The molecule has 1 amide bonds. The summed E-state index contributed by atoms with van der Waals surface area (Å²) in [7, 11) is 3.85. The van der Waals surface area contributed by atoms with Crippen molar-refractivity contribution < 1.29 is 14.3 Å². The molecule has 0 aliphatic carbocycles. The predicted molar refractivity (Wildman–Crippen MR) is 112 cm³/mol. The van der Waals surface area contributed by atoms with E-state index in [1.807, 2.05) is 55.4 Å². The Bertz CT molecular complexity index is 794. The van der Waals surface area contributed by atoms with Gasteiger partial charge in [-0.15, -0.1) is 0 Å². The molecule has 0 aromatic heterocycles. The molecule has 2 rings (SSSR count). The Morgan fingerprint density at radius 3 is 2.25 bits per heavy atom. The predicted octanol–water partition coefficient (Wildman–Crippen LogP) is 3.76. The standard InChI is InChI=1S/C23H28N2O3/c1-4-5-18-6-10-20(11-7-18)22(26)24-15-14-19-8-12-21(13-9-19)23(27)28-17-16-25(2)3/h6-15H,4-5,16-17H2,1-3H3,(H,24,26)/b15-14+. The van der Waals surface area contributed by atoms with Gasteiger partial charge in [0, 0.05) is 18.3 Å². The van der Waals surface area contributed by atoms with Crippen LogP contribution in [0.5, 0.6) is 0 Å². The maximum absolute atomic E-state index is 12.2. The second-order valence-corrected chi connectivity index (χ2v) is 6.81. The molecule has 5 nitrogen and oxygen atoms in total. The summed E-state index contributed by atoms with van der Waals surface area (Å²) < 4.78 is 5.21. The van der Waals surface area contributed by atoms with Gasteiger partial charge in [0.15, 0.2) is 0 Å². The summed E-state index contributed by atoms with van der Waals surface area (Å²) >= 11 is 0. The minimum atomic E-state index is -0.336. The molecule has 2 aromatic rings. The number of esters is 1. The first-order valence-electron chi connectivity index (χ1n) is 9.48. The van der Waals surface area contributed by atoms with E-state index in [9.17, 15) is 9.59 Å². The van der Waals surface area contributed by atoms with E-state index in [1.54, 1.807) is 24.4 Å². The van der Waals surface area contributed by atoms with Crippen LogP contribution in [0.4, 0.5) is 0 Å². The third kappa shape index (κ3) is 7.00. The van der Waals surface area contributed by atoms with Gasteiger partial charge in [0.05, 0.1) is 5.56 Å². The van der Waals surface area contributed by atoms with Crippen molar-refractivity contribution in [3.05, 3.63) is 77.0 Å². The van der Waals surface area contributed by atoms with Crippen molar-refractivity contribution in [2.75, 3.05) is 27.2 Å². The van der Waals surface area contributed by atoms with Gasteiger partial charge >= 0.3 is 5.97 Å². The summed E-state index contributed by atoms with van der Waals surface area (Å²) in [5.41, 5.74) is 3.24. The van der Waals surface area contributed by atoms with Gasteiger partial charge in [-0.3, -0.25) is 4.79 Å². The van der Waals surface area contributed by atoms with E-state index >= 15 is 0 Å². The van der Waals surface area contributed by atoms with Crippen molar-refractivity contribution in [3.63, 3.8) is 0 Å². The molecule has 0 saturated carbocycles. The first kappa shape index (κ1) is 21.4. The Morgan fingerprint density at radius 1 is 1.00 bits per heavy atom. The average molecular weight is 380 g/mol. The molecule has 0 unspecified atom stereocenters. The van der Waals surface area contributed by atoms with E-state index in [2.05, 4.69) is 12.2 Å². The monoisotopic (exact) mass is 380 g/mol. The van der Waals surface area contributed by atoms with Gasteiger partial charge in [-0.05, 0) is 62.0 Å². The van der Waals surface area contributed by atoms with E-state index in [-0.39, 0.29) is 11.9 Å². The van der Waals surface area contributed by atoms with Crippen LogP contribution >= 0.6 is 0 Å². The molecule has 2 aromatic carbocycles. The fourth-order valence-electron chi connectivity index (χ4n) is 2.54. The molecule has 0 fully saturated rings. The van der Waals surface area contributed by atoms with E-state index in [0.717, 1.165) is 18.4 Å². The number of carbonyl (C=O) groups is 2. The molecule has 0 spiro atoms. The quantitative estimate of drug-likeness (QED) is 0.673.